The summed E-state index contributed by atoms with van der Waals surface area (Å²) >= 11 is 0.864. The topological polar surface area (TPSA) is 0 Å². The van der Waals surface area contributed by atoms with E-state index in [1.165, 1.54) is 21.8 Å². The fourth-order valence-electron chi connectivity index (χ4n) is 1.48. The second-order valence-electron chi connectivity index (χ2n) is 3.20. The van der Waals surface area contributed by atoms with Gasteiger partial charge in [-0.2, -0.15) is 0 Å². The predicted octanol–water partition coefficient (Wildman–Crippen LogP) is 2.02. The van der Waals surface area contributed by atoms with Gasteiger partial charge < -0.3 is 0 Å². The molecule has 0 atom stereocenters. The predicted molar refractivity (Wildman–Crippen MR) is 49.1 cm³/mol. The van der Waals surface area contributed by atoms with Crippen molar-refractivity contribution in [3.8, 4) is 0 Å². The van der Waals surface area contributed by atoms with Gasteiger partial charge in [-0.1, -0.05) is 0 Å². The Balaban J connectivity index is 2.57. The fourth-order valence-corrected chi connectivity index (χ4v) is 3.74. The first kappa shape index (κ1) is 7.39. The molecule has 11 heavy (non-hydrogen) atoms. The summed E-state index contributed by atoms with van der Waals surface area (Å²) in [6, 6.07) is 4.75. The summed E-state index contributed by atoms with van der Waals surface area (Å²) in [5.41, 5.74) is 6.16. The zero-order valence-corrected chi connectivity index (χ0v) is 8.69. The molecule has 1 aliphatic heterocycles. The van der Waals surface area contributed by atoms with Crippen LogP contribution >= 0.6 is 0 Å². The van der Waals surface area contributed by atoms with Crippen molar-refractivity contribution in [3.63, 3.8) is 0 Å². The van der Waals surface area contributed by atoms with E-state index in [1.807, 2.05) is 0 Å². The Morgan fingerprint density at radius 3 is 1.91 bits per heavy atom. The molecule has 0 fully saturated rings. The molecule has 0 saturated heterocycles. The first-order valence-electron chi connectivity index (χ1n) is 3.94. The maximum atomic E-state index is 2.37. The van der Waals surface area contributed by atoms with Gasteiger partial charge in [0.2, 0.25) is 0 Å². The zero-order chi connectivity index (χ0) is 7.84. The van der Waals surface area contributed by atoms with Gasteiger partial charge in [-0.05, 0) is 0 Å². The normalized spacial score (nSPS) is 15.1. The van der Waals surface area contributed by atoms with Gasteiger partial charge in [0.15, 0.2) is 0 Å². The van der Waals surface area contributed by atoms with Crippen LogP contribution in [-0.2, 0) is 10.6 Å². The van der Waals surface area contributed by atoms with Crippen LogP contribution in [0.4, 0.5) is 0 Å². The van der Waals surface area contributed by atoms with Crippen molar-refractivity contribution in [1.29, 1.82) is 0 Å². The SMILES string of the molecule is Cc1cc2c(cc1C)C[Se]C2. The number of hydrogen-bond donors (Lipinski definition) is 0. The van der Waals surface area contributed by atoms with E-state index < -0.39 is 0 Å². The molecule has 58 valence electrons. The summed E-state index contributed by atoms with van der Waals surface area (Å²) in [6.45, 7) is 4.42. The van der Waals surface area contributed by atoms with E-state index in [0.717, 1.165) is 15.0 Å². The molecule has 0 saturated carbocycles. The molecular formula is C10H12Se. The molecule has 0 unspecified atom stereocenters. The number of hydrogen-bond acceptors (Lipinski definition) is 0. The summed E-state index contributed by atoms with van der Waals surface area (Å²) in [5, 5.41) is 2.73. The van der Waals surface area contributed by atoms with Crippen molar-refractivity contribution in [2.24, 2.45) is 0 Å². The van der Waals surface area contributed by atoms with E-state index in [1.54, 1.807) is 11.1 Å². The van der Waals surface area contributed by atoms with Crippen LogP contribution in [0.5, 0.6) is 0 Å². The Labute approximate surface area is 74.2 Å². The van der Waals surface area contributed by atoms with Gasteiger partial charge >= 0.3 is 73.8 Å². The summed E-state index contributed by atoms with van der Waals surface area (Å²) in [6.07, 6.45) is 0. The van der Waals surface area contributed by atoms with Crippen molar-refractivity contribution in [3.05, 3.63) is 34.4 Å². The van der Waals surface area contributed by atoms with E-state index in [0.29, 0.717) is 0 Å². The Morgan fingerprint density at radius 2 is 1.45 bits per heavy atom. The van der Waals surface area contributed by atoms with E-state index >= 15 is 0 Å². The van der Waals surface area contributed by atoms with Gasteiger partial charge in [-0.3, -0.25) is 0 Å². The third-order valence-electron chi connectivity index (χ3n) is 2.33. The molecule has 0 aromatic heterocycles. The zero-order valence-electron chi connectivity index (χ0n) is 6.98. The molecule has 0 amide bonds. The van der Waals surface area contributed by atoms with Gasteiger partial charge in [-0.25, -0.2) is 0 Å². The Bertz CT molecular complexity index is 260. The van der Waals surface area contributed by atoms with E-state index in [9.17, 15) is 0 Å². The number of rotatable bonds is 0. The van der Waals surface area contributed by atoms with Crippen molar-refractivity contribution < 1.29 is 0 Å². The van der Waals surface area contributed by atoms with Gasteiger partial charge in [0.1, 0.15) is 0 Å². The first-order chi connectivity index (χ1) is 5.27. The van der Waals surface area contributed by atoms with Crippen LogP contribution in [0.15, 0.2) is 12.1 Å². The summed E-state index contributed by atoms with van der Waals surface area (Å²) in [5.74, 6) is 0. The van der Waals surface area contributed by atoms with Crippen LogP contribution in [-0.4, -0.2) is 15.0 Å². The molecule has 0 N–H and O–H groups in total. The molecule has 1 heterocycles. The van der Waals surface area contributed by atoms with E-state index in [4.69, 9.17) is 0 Å². The van der Waals surface area contributed by atoms with Gasteiger partial charge in [0.25, 0.3) is 0 Å². The molecule has 1 aliphatic rings. The third-order valence-corrected chi connectivity index (χ3v) is 4.49. The van der Waals surface area contributed by atoms with Crippen LogP contribution in [0.1, 0.15) is 22.3 Å². The van der Waals surface area contributed by atoms with Crippen LogP contribution in [0, 0.1) is 13.8 Å². The Morgan fingerprint density at radius 1 is 1.00 bits per heavy atom. The molecule has 0 nitrogen and oxygen atoms in total. The minimum absolute atomic E-state index is 0.864. The van der Waals surface area contributed by atoms with Crippen LogP contribution < -0.4 is 0 Å². The third kappa shape index (κ3) is 1.23. The monoisotopic (exact) mass is 212 g/mol. The molecule has 1 aromatic carbocycles. The Hall–Kier alpha value is -0.261. The van der Waals surface area contributed by atoms with E-state index in [-0.39, 0.29) is 0 Å². The molecule has 0 radical (unpaired) electrons. The average Bonchev–Trinajstić information content (AvgIpc) is 2.36. The van der Waals surface area contributed by atoms with Crippen molar-refractivity contribution in [2.75, 3.05) is 0 Å². The fraction of sp³-hybridized carbons (Fsp3) is 0.400. The molecule has 2 rings (SSSR count). The van der Waals surface area contributed by atoms with Crippen LogP contribution in [0.2, 0.25) is 0 Å². The number of aryl methyl sites for hydroxylation is 2. The summed E-state index contributed by atoms with van der Waals surface area (Å²) < 4.78 is 0. The van der Waals surface area contributed by atoms with Gasteiger partial charge in [-0.15, -0.1) is 0 Å². The quantitative estimate of drug-likeness (QED) is 0.576. The first-order valence-corrected chi connectivity index (χ1v) is 6.36. The summed E-state index contributed by atoms with van der Waals surface area (Å²) in [4.78, 5) is 0. The van der Waals surface area contributed by atoms with Crippen LogP contribution in [0.25, 0.3) is 0 Å². The second-order valence-corrected chi connectivity index (χ2v) is 5.27. The molecule has 1 heteroatoms. The number of fused-ring (bicyclic) bond motifs is 1. The number of benzene rings is 1. The Kier molecular flexibility index (Phi) is 1.78. The maximum absolute atomic E-state index is 2.37. The average molecular weight is 211 g/mol. The van der Waals surface area contributed by atoms with Crippen molar-refractivity contribution in [2.45, 2.75) is 24.5 Å². The van der Waals surface area contributed by atoms with E-state index in [2.05, 4.69) is 26.0 Å². The summed E-state index contributed by atoms with van der Waals surface area (Å²) in [7, 11) is 0. The van der Waals surface area contributed by atoms with Crippen LogP contribution in [0.3, 0.4) is 0 Å². The van der Waals surface area contributed by atoms with Gasteiger partial charge in [0.05, 0.1) is 0 Å². The molecule has 0 aliphatic carbocycles. The molecule has 1 aromatic rings. The van der Waals surface area contributed by atoms with Gasteiger partial charge in [0, 0.05) is 0 Å². The molecular weight excluding hydrogens is 199 g/mol. The van der Waals surface area contributed by atoms with Crippen molar-refractivity contribution >= 4 is 15.0 Å². The molecule has 0 bridgehead atoms. The molecule has 0 spiro atoms. The second kappa shape index (κ2) is 2.65. The standard InChI is InChI=1S/C10H12Se/c1-7-3-9-5-11-6-10(9)4-8(7)2/h3-4H,5-6H2,1-2H3. The van der Waals surface area contributed by atoms with Crippen molar-refractivity contribution in [1.82, 2.24) is 0 Å². The minimum atomic E-state index is 0.864.